The molecule has 2 aromatic heterocycles. The first kappa shape index (κ1) is 18.9. The van der Waals surface area contributed by atoms with E-state index in [0.29, 0.717) is 24.8 Å². The van der Waals surface area contributed by atoms with Crippen LogP contribution in [-0.2, 0) is 0 Å². The Morgan fingerprint density at radius 2 is 1.79 bits per heavy atom. The summed E-state index contributed by atoms with van der Waals surface area (Å²) < 4.78 is 12.1. The SMILES string of the molecule is Cc1ccc(NC2=NCCCCCOc3ccccc3Oc3ncccc32)cn1. The van der Waals surface area contributed by atoms with Crippen molar-refractivity contribution in [3.63, 3.8) is 0 Å². The molecule has 0 saturated carbocycles. The predicted octanol–water partition coefficient (Wildman–Crippen LogP) is 5.00. The summed E-state index contributed by atoms with van der Waals surface area (Å²) in [4.78, 5) is 13.6. The highest BCUT2D eigenvalue weighted by molar-refractivity contribution is 6.09. The van der Waals surface area contributed by atoms with Crippen LogP contribution in [-0.4, -0.2) is 29.0 Å². The van der Waals surface area contributed by atoms with Gasteiger partial charge in [-0.1, -0.05) is 12.1 Å². The number of nitrogens with zero attached hydrogens (tertiary/aromatic N) is 3. The molecule has 6 heteroatoms. The van der Waals surface area contributed by atoms with Crippen LogP contribution in [0.25, 0.3) is 0 Å². The summed E-state index contributed by atoms with van der Waals surface area (Å²) in [6.07, 6.45) is 6.52. The molecule has 6 nitrogen and oxygen atoms in total. The lowest BCUT2D eigenvalue weighted by atomic mass is 10.2. The number of rotatable bonds is 1. The van der Waals surface area contributed by atoms with E-state index in [1.165, 1.54) is 0 Å². The minimum Gasteiger partial charge on any atom is -0.490 e. The van der Waals surface area contributed by atoms with E-state index in [1.807, 2.05) is 55.5 Å². The number of nitrogens with one attached hydrogen (secondary N) is 1. The molecule has 3 heterocycles. The van der Waals surface area contributed by atoms with Crippen LogP contribution in [0, 0.1) is 6.92 Å². The number of para-hydroxylation sites is 2. The van der Waals surface area contributed by atoms with Crippen molar-refractivity contribution in [2.75, 3.05) is 18.5 Å². The van der Waals surface area contributed by atoms with E-state index in [1.54, 1.807) is 12.4 Å². The van der Waals surface area contributed by atoms with Crippen molar-refractivity contribution in [1.29, 1.82) is 0 Å². The van der Waals surface area contributed by atoms with Gasteiger partial charge in [-0.2, -0.15) is 0 Å². The maximum absolute atomic E-state index is 6.17. The van der Waals surface area contributed by atoms with Crippen molar-refractivity contribution in [1.82, 2.24) is 9.97 Å². The van der Waals surface area contributed by atoms with Gasteiger partial charge in [0.1, 0.15) is 5.84 Å². The standard InChI is InChI=1S/C23H24N4O2/c1-17-11-12-18(16-26-17)27-22-19-8-7-14-25-23(19)29-21-10-4-3-9-20(21)28-15-6-2-5-13-24-22/h3-4,7-12,14,16H,2,5-6,13,15H2,1H3,(H,24,27). The number of hydrogen-bond donors (Lipinski definition) is 1. The molecule has 1 aromatic carbocycles. The van der Waals surface area contributed by atoms with E-state index < -0.39 is 0 Å². The number of anilines is 1. The van der Waals surface area contributed by atoms with Gasteiger partial charge in [0.25, 0.3) is 0 Å². The normalized spacial score (nSPS) is 14.4. The fourth-order valence-electron chi connectivity index (χ4n) is 3.04. The molecule has 1 aliphatic rings. The molecule has 1 N–H and O–H groups in total. The molecule has 0 unspecified atom stereocenters. The smallest absolute Gasteiger partial charge is 0.230 e. The van der Waals surface area contributed by atoms with Crippen molar-refractivity contribution < 1.29 is 9.47 Å². The molecule has 0 radical (unpaired) electrons. The van der Waals surface area contributed by atoms with Gasteiger partial charge in [-0.05, 0) is 62.6 Å². The van der Waals surface area contributed by atoms with Gasteiger partial charge >= 0.3 is 0 Å². The lowest BCUT2D eigenvalue weighted by molar-refractivity contribution is 0.291. The number of hydrogen-bond acceptors (Lipinski definition) is 6. The Balaban J connectivity index is 1.72. The molecule has 148 valence electrons. The lowest BCUT2D eigenvalue weighted by Gasteiger charge is -2.15. The number of amidine groups is 1. The third-order valence-electron chi connectivity index (χ3n) is 4.59. The van der Waals surface area contributed by atoms with Crippen LogP contribution in [0.3, 0.4) is 0 Å². The zero-order chi connectivity index (χ0) is 19.9. The summed E-state index contributed by atoms with van der Waals surface area (Å²) in [6, 6.07) is 15.5. The maximum Gasteiger partial charge on any atom is 0.230 e. The molecule has 0 spiro atoms. The molecule has 0 bridgehead atoms. The largest absolute Gasteiger partial charge is 0.490 e. The van der Waals surface area contributed by atoms with E-state index in [9.17, 15) is 0 Å². The van der Waals surface area contributed by atoms with Crippen molar-refractivity contribution in [2.24, 2.45) is 4.99 Å². The second-order valence-electron chi connectivity index (χ2n) is 6.86. The van der Waals surface area contributed by atoms with Gasteiger partial charge in [0.15, 0.2) is 11.5 Å². The van der Waals surface area contributed by atoms with Gasteiger partial charge in [-0.3, -0.25) is 9.98 Å². The van der Waals surface area contributed by atoms with Crippen molar-refractivity contribution in [2.45, 2.75) is 26.2 Å². The molecule has 1 aliphatic heterocycles. The monoisotopic (exact) mass is 388 g/mol. The lowest BCUT2D eigenvalue weighted by Crippen LogP contribution is -2.16. The topological polar surface area (TPSA) is 68.6 Å². The first-order valence-electron chi connectivity index (χ1n) is 9.89. The summed E-state index contributed by atoms with van der Waals surface area (Å²) in [5.41, 5.74) is 2.63. The predicted molar refractivity (Wildman–Crippen MR) is 114 cm³/mol. The Morgan fingerprint density at radius 1 is 0.897 bits per heavy atom. The third kappa shape index (κ3) is 4.90. The average Bonchev–Trinajstić information content (AvgIpc) is 2.76. The summed E-state index contributed by atoms with van der Waals surface area (Å²) >= 11 is 0. The Hall–Kier alpha value is -3.41. The van der Waals surface area contributed by atoms with Crippen molar-refractivity contribution in [3.05, 3.63) is 72.2 Å². The number of aryl methyl sites for hydroxylation is 1. The Bertz CT molecular complexity index is 986. The first-order valence-corrected chi connectivity index (χ1v) is 9.89. The number of fused-ring (bicyclic) bond motifs is 2. The fraction of sp³-hybridized carbons (Fsp3) is 0.261. The maximum atomic E-state index is 6.17. The van der Waals surface area contributed by atoms with Crippen molar-refractivity contribution in [3.8, 4) is 17.4 Å². The van der Waals surface area contributed by atoms with Gasteiger partial charge in [0.2, 0.25) is 5.88 Å². The summed E-state index contributed by atoms with van der Waals surface area (Å²) in [7, 11) is 0. The van der Waals surface area contributed by atoms with Crippen molar-refractivity contribution >= 4 is 11.5 Å². The zero-order valence-corrected chi connectivity index (χ0v) is 16.5. The highest BCUT2D eigenvalue weighted by Crippen LogP contribution is 2.32. The number of aromatic nitrogens is 2. The molecule has 0 saturated heterocycles. The molecule has 3 aromatic rings. The average molecular weight is 388 g/mol. The van der Waals surface area contributed by atoms with E-state index in [4.69, 9.17) is 14.5 Å². The fourth-order valence-corrected chi connectivity index (χ4v) is 3.04. The van der Waals surface area contributed by atoms with Gasteiger partial charge in [0, 0.05) is 18.4 Å². The molecular formula is C23H24N4O2. The summed E-state index contributed by atoms with van der Waals surface area (Å²) in [5.74, 6) is 2.56. The van der Waals surface area contributed by atoms with Gasteiger partial charge in [0.05, 0.1) is 24.1 Å². The molecule has 0 atom stereocenters. The third-order valence-corrected chi connectivity index (χ3v) is 4.59. The number of aliphatic imine (C=N–C) groups is 1. The minimum absolute atomic E-state index is 0.481. The summed E-state index contributed by atoms with van der Waals surface area (Å²) in [6.45, 7) is 3.33. The summed E-state index contributed by atoms with van der Waals surface area (Å²) in [5, 5.41) is 3.39. The van der Waals surface area contributed by atoms with Crippen LogP contribution < -0.4 is 14.8 Å². The quantitative estimate of drug-likeness (QED) is 0.635. The molecule has 4 rings (SSSR count). The molecule has 0 amide bonds. The highest BCUT2D eigenvalue weighted by Gasteiger charge is 2.16. The van der Waals surface area contributed by atoms with Crippen LogP contribution in [0.1, 0.15) is 30.5 Å². The Kier molecular flexibility index (Phi) is 6.00. The molecular weight excluding hydrogens is 364 g/mol. The van der Waals surface area contributed by atoms with E-state index in [0.717, 1.165) is 47.8 Å². The van der Waals surface area contributed by atoms with E-state index in [-0.39, 0.29) is 0 Å². The van der Waals surface area contributed by atoms with Gasteiger partial charge in [-0.25, -0.2) is 4.98 Å². The van der Waals surface area contributed by atoms with E-state index in [2.05, 4.69) is 15.3 Å². The highest BCUT2D eigenvalue weighted by atomic mass is 16.5. The van der Waals surface area contributed by atoms with Crippen LogP contribution in [0.4, 0.5) is 5.69 Å². The number of ether oxygens (including phenoxy) is 2. The second kappa shape index (κ2) is 9.19. The Labute approximate surface area is 170 Å². The van der Waals surface area contributed by atoms with Gasteiger partial charge < -0.3 is 14.8 Å². The first-order chi connectivity index (χ1) is 14.3. The number of pyridine rings is 2. The molecule has 0 fully saturated rings. The second-order valence-corrected chi connectivity index (χ2v) is 6.86. The molecule has 29 heavy (non-hydrogen) atoms. The number of benzene rings is 1. The van der Waals surface area contributed by atoms with Crippen LogP contribution in [0.5, 0.6) is 17.4 Å². The van der Waals surface area contributed by atoms with Gasteiger partial charge in [-0.15, -0.1) is 0 Å². The van der Waals surface area contributed by atoms with Crippen LogP contribution >= 0.6 is 0 Å². The zero-order valence-electron chi connectivity index (χ0n) is 16.5. The Morgan fingerprint density at radius 3 is 2.66 bits per heavy atom. The van der Waals surface area contributed by atoms with E-state index >= 15 is 0 Å². The molecule has 0 aliphatic carbocycles. The van der Waals surface area contributed by atoms with Crippen LogP contribution in [0.2, 0.25) is 0 Å². The van der Waals surface area contributed by atoms with Crippen LogP contribution in [0.15, 0.2) is 65.9 Å². The minimum atomic E-state index is 0.481.